The average molecular weight is 119 g/mol. The third-order valence-electron chi connectivity index (χ3n) is 0.744. The minimum atomic E-state index is 0.380. The summed E-state index contributed by atoms with van der Waals surface area (Å²) in [5.74, 6) is 0. The van der Waals surface area contributed by atoms with Gasteiger partial charge in [0.05, 0.1) is 0 Å². The van der Waals surface area contributed by atoms with Crippen LogP contribution in [0.5, 0.6) is 0 Å². The van der Waals surface area contributed by atoms with Gasteiger partial charge in [0.15, 0.2) is 0 Å². The molecule has 3 heteroatoms. The van der Waals surface area contributed by atoms with Crippen molar-refractivity contribution in [2.45, 2.75) is 19.0 Å². The molecule has 0 radical (unpaired) electrons. The van der Waals surface area contributed by atoms with Crippen molar-refractivity contribution in [1.29, 1.82) is 0 Å². The van der Waals surface area contributed by atoms with Crippen LogP contribution in [0, 0.1) is 0 Å². The van der Waals surface area contributed by atoms with Crippen molar-refractivity contribution in [2.24, 2.45) is 5.73 Å². The minimum Gasteiger partial charge on any atom is -0.328 e. The molecule has 0 spiro atoms. The van der Waals surface area contributed by atoms with E-state index in [1.165, 1.54) is 15.8 Å². The first-order chi connectivity index (χ1) is 2.77. The molecular formula is C3H13NSi2. The Balaban J connectivity index is 2.63. The van der Waals surface area contributed by atoms with Gasteiger partial charge in [-0.15, -0.1) is 0 Å². The summed E-state index contributed by atoms with van der Waals surface area (Å²) < 4.78 is 0. The summed E-state index contributed by atoms with van der Waals surface area (Å²) in [6, 6.07) is 1.85. The number of rotatable bonds is 2. The van der Waals surface area contributed by atoms with Crippen LogP contribution in [0.1, 0.15) is 6.92 Å². The second-order valence-electron chi connectivity index (χ2n) is 1.77. The molecule has 0 aromatic rings. The summed E-state index contributed by atoms with van der Waals surface area (Å²) >= 11 is 0. The van der Waals surface area contributed by atoms with Gasteiger partial charge in [-0.25, -0.2) is 0 Å². The summed E-state index contributed by atoms with van der Waals surface area (Å²) in [7, 11) is 1.83. The molecule has 0 aromatic carbocycles. The molecule has 0 fully saturated rings. The molecule has 2 N–H and O–H groups in total. The van der Waals surface area contributed by atoms with Crippen molar-refractivity contribution >= 4 is 18.8 Å². The van der Waals surface area contributed by atoms with Gasteiger partial charge in [-0.3, -0.25) is 0 Å². The van der Waals surface area contributed by atoms with Gasteiger partial charge in [0.1, 0.15) is 0 Å². The van der Waals surface area contributed by atoms with Crippen molar-refractivity contribution in [1.82, 2.24) is 0 Å². The maximum Gasteiger partial charge on any atom is 0.00605 e. The minimum absolute atomic E-state index is 0.380. The molecule has 0 saturated carbocycles. The number of hydrogen-bond acceptors (Lipinski definition) is 1. The monoisotopic (exact) mass is 119 g/mol. The summed E-state index contributed by atoms with van der Waals surface area (Å²) in [5, 5.41) is 0. The predicted octanol–water partition coefficient (Wildman–Crippen LogP) is -1.80. The van der Waals surface area contributed by atoms with Gasteiger partial charge >= 0.3 is 0 Å². The Hall–Kier alpha value is 0.394. The molecule has 6 heavy (non-hydrogen) atoms. The topological polar surface area (TPSA) is 26.0 Å². The van der Waals surface area contributed by atoms with Gasteiger partial charge in [0.25, 0.3) is 0 Å². The fraction of sp³-hybridized carbons (Fsp3) is 1.00. The van der Waals surface area contributed by atoms with Crippen molar-refractivity contribution in [3.8, 4) is 0 Å². The quantitative estimate of drug-likeness (QED) is 0.427. The molecule has 0 aliphatic carbocycles. The van der Waals surface area contributed by atoms with Crippen LogP contribution in [0.2, 0.25) is 6.04 Å². The Morgan fingerprint density at radius 3 is 2.50 bits per heavy atom. The molecule has 1 atom stereocenters. The second-order valence-corrected chi connectivity index (χ2v) is 6.34. The van der Waals surface area contributed by atoms with Crippen molar-refractivity contribution in [3.05, 3.63) is 0 Å². The van der Waals surface area contributed by atoms with E-state index in [2.05, 4.69) is 6.92 Å². The van der Waals surface area contributed by atoms with Gasteiger partial charge < -0.3 is 5.73 Å². The summed E-state index contributed by atoms with van der Waals surface area (Å²) in [6.07, 6.45) is 0. The molecular weight excluding hydrogens is 106 g/mol. The average Bonchev–Trinajstić information content (AvgIpc) is 1.35. The van der Waals surface area contributed by atoms with Crippen molar-refractivity contribution in [2.75, 3.05) is 0 Å². The van der Waals surface area contributed by atoms with Gasteiger partial charge in [0, 0.05) is 9.04 Å². The molecule has 0 heterocycles. The molecule has 1 unspecified atom stereocenters. The van der Waals surface area contributed by atoms with Crippen LogP contribution >= 0.6 is 0 Å². The maximum atomic E-state index is 5.46. The largest absolute Gasteiger partial charge is 0.328 e. The van der Waals surface area contributed by atoms with E-state index in [1.807, 2.05) is 0 Å². The first kappa shape index (κ1) is 6.39. The Labute approximate surface area is 44.3 Å². The Bertz CT molecular complexity index is 30.0. The van der Waals surface area contributed by atoms with Gasteiger partial charge in [-0.1, -0.05) is 13.0 Å². The highest BCUT2D eigenvalue weighted by Crippen LogP contribution is 1.78. The van der Waals surface area contributed by atoms with Crippen LogP contribution in [0.4, 0.5) is 0 Å². The standard InChI is InChI=1S/C3H13NSi2/c1-3(4)2-6-5/h3H,2,4,6H2,1,5H3. The third kappa shape index (κ3) is 4.39. The van der Waals surface area contributed by atoms with E-state index in [9.17, 15) is 0 Å². The van der Waals surface area contributed by atoms with Crippen LogP contribution in [0.3, 0.4) is 0 Å². The van der Waals surface area contributed by atoms with Gasteiger partial charge in [-0.2, -0.15) is 0 Å². The SMILES string of the molecule is CC(N)C[SiH2][SiH3]. The lowest BCUT2D eigenvalue weighted by molar-refractivity contribution is 0.831. The molecule has 1 nitrogen and oxygen atoms in total. The second kappa shape index (κ2) is 3.58. The molecule has 38 valence electrons. The molecule has 0 amide bonds. The lowest BCUT2D eigenvalue weighted by atomic mass is 10.4. The van der Waals surface area contributed by atoms with Crippen molar-refractivity contribution in [3.63, 3.8) is 0 Å². The summed E-state index contributed by atoms with van der Waals surface area (Å²) in [5.41, 5.74) is 5.46. The Kier molecular flexibility index (Phi) is 3.81. The molecule has 0 bridgehead atoms. The summed E-state index contributed by atoms with van der Waals surface area (Å²) in [4.78, 5) is 0. The zero-order chi connectivity index (χ0) is 4.99. The normalized spacial score (nSPS) is 17.0. The number of nitrogens with two attached hydrogens (primary N) is 1. The van der Waals surface area contributed by atoms with E-state index in [0.29, 0.717) is 15.1 Å². The van der Waals surface area contributed by atoms with E-state index in [-0.39, 0.29) is 0 Å². The van der Waals surface area contributed by atoms with E-state index >= 15 is 0 Å². The van der Waals surface area contributed by atoms with Crippen LogP contribution in [0.25, 0.3) is 0 Å². The van der Waals surface area contributed by atoms with Crippen LogP contribution in [0.15, 0.2) is 0 Å². The molecule has 0 aliphatic heterocycles. The maximum absolute atomic E-state index is 5.46. The lowest BCUT2D eigenvalue weighted by Gasteiger charge is -1.96. The molecule has 0 aliphatic rings. The predicted molar refractivity (Wildman–Crippen MR) is 36.9 cm³/mol. The zero-order valence-electron chi connectivity index (χ0n) is 4.57. The zero-order valence-corrected chi connectivity index (χ0v) is 7.98. The summed E-state index contributed by atoms with van der Waals surface area (Å²) in [6.45, 7) is 2.09. The van der Waals surface area contributed by atoms with E-state index in [0.717, 1.165) is 0 Å². The number of hydrogen-bond donors (Lipinski definition) is 1. The van der Waals surface area contributed by atoms with Gasteiger partial charge in [-0.05, 0) is 15.8 Å². The molecule has 0 saturated heterocycles. The van der Waals surface area contributed by atoms with E-state index < -0.39 is 0 Å². The van der Waals surface area contributed by atoms with E-state index in [4.69, 9.17) is 5.73 Å². The Morgan fingerprint density at radius 2 is 2.50 bits per heavy atom. The highest BCUT2D eigenvalue weighted by atomic mass is 29.1. The molecule has 0 rings (SSSR count). The fourth-order valence-electron chi connectivity index (χ4n) is 0.455. The van der Waals surface area contributed by atoms with Crippen LogP contribution in [-0.2, 0) is 0 Å². The first-order valence-corrected chi connectivity index (χ1v) is 9.18. The van der Waals surface area contributed by atoms with Crippen molar-refractivity contribution < 1.29 is 0 Å². The highest BCUT2D eigenvalue weighted by Gasteiger charge is 1.86. The third-order valence-corrected chi connectivity index (χ3v) is 3.96. The first-order valence-electron chi connectivity index (χ1n) is 2.53. The van der Waals surface area contributed by atoms with Crippen LogP contribution in [-0.4, -0.2) is 24.8 Å². The fourth-order valence-corrected chi connectivity index (χ4v) is 4.10. The Morgan fingerprint density at radius 1 is 2.00 bits per heavy atom. The van der Waals surface area contributed by atoms with E-state index in [1.54, 1.807) is 0 Å². The smallest absolute Gasteiger partial charge is 0.00605 e. The van der Waals surface area contributed by atoms with Gasteiger partial charge in [0.2, 0.25) is 0 Å². The lowest BCUT2D eigenvalue weighted by Crippen LogP contribution is -2.16. The van der Waals surface area contributed by atoms with Crippen LogP contribution < -0.4 is 5.73 Å². The highest BCUT2D eigenvalue weighted by molar-refractivity contribution is 6.89. The molecule has 0 aromatic heterocycles.